The van der Waals surface area contributed by atoms with Crippen molar-refractivity contribution < 1.29 is 9.18 Å². The number of hydrogen-bond acceptors (Lipinski definition) is 2. The van der Waals surface area contributed by atoms with E-state index in [2.05, 4.69) is 10.5 Å². The molecule has 0 heterocycles. The van der Waals surface area contributed by atoms with Crippen molar-refractivity contribution in [3.05, 3.63) is 71.8 Å². The van der Waals surface area contributed by atoms with Crippen LogP contribution in [-0.2, 0) is 6.42 Å². The SMILES string of the molecule is O=C(N/N=C/[C@@H]([18F])Cc1ccccc1)c1ccccc1. The van der Waals surface area contributed by atoms with E-state index >= 15 is 0 Å². The van der Waals surface area contributed by atoms with Gasteiger partial charge in [-0.05, 0) is 17.7 Å². The molecule has 0 aliphatic heterocycles. The Morgan fingerprint density at radius 2 is 1.70 bits per heavy atom. The highest BCUT2D eigenvalue weighted by molar-refractivity contribution is 5.94. The van der Waals surface area contributed by atoms with Crippen LogP contribution in [-0.4, -0.2) is 18.3 Å². The number of carbonyl (C=O) groups is 1. The van der Waals surface area contributed by atoms with Gasteiger partial charge in [0.15, 0.2) is 0 Å². The Hall–Kier alpha value is -2.49. The Morgan fingerprint density at radius 3 is 2.35 bits per heavy atom. The molecular weight excluding hydrogens is 254 g/mol. The Kier molecular flexibility index (Phi) is 5.00. The highest BCUT2D eigenvalue weighted by atomic mass is 18.2. The third-order valence-electron chi connectivity index (χ3n) is 2.71. The van der Waals surface area contributed by atoms with Crippen molar-refractivity contribution in [2.45, 2.75) is 12.6 Å². The van der Waals surface area contributed by atoms with Gasteiger partial charge in [0.25, 0.3) is 5.91 Å². The molecule has 2 aromatic carbocycles. The number of rotatable bonds is 5. The molecule has 102 valence electrons. The van der Waals surface area contributed by atoms with E-state index in [9.17, 15) is 9.18 Å². The van der Waals surface area contributed by atoms with Crippen molar-refractivity contribution in [3.63, 3.8) is 0 Å². The first-order chi connectivity index (χ1) is 9.75. The molecule has 0 radical (unpaired) electrons. The molecule has 0 spiro atoms. The summed E-state index contributed by atoms with van der Waals surface area (Å²) in [6.07, 6.45) is 0.118. The van der Waals surface area contributed by atoms with Crippen LogP contribution >= 0.6 is 0 Å². The topological polar surface area (TPSA) is 41.5 Å². The van der Waals surface area contributed by atoms with Crippen molar-refractivity contribution >= 4 is 12.1 Å². The molecule has 3 nitrogen and oxygen atoms in total. The van der Waals surface area contributed by atoms with Crippen molar-refractivity contribution in [2.75, 3.05) is 0 Å². The lowest BCUT2D eigenvalue weighted by Gasteiger charge is -2.03. The van der Waals surface area contributed by atoms with Gasteiger partial charge < -0.3 is 0 Å². The number of nitrogens with zero attached hydrogens (tertiary/aromatic N) is 1. The molecule has 0 aromatic heterocycles. The molecule has 2 rings (SSSR count). The summed E-state index contributed by atoms with van der Waals surface area (Å²) < 4.78 is 13.6. The maximum Gasteiger partial charge on any atom is 0.271 e. The van der Waals surface area contributed by atoms with Crippen LogP contribution in [0.4, 0.5) is 4.39 Å². The minimum atomic E-state index is -1.23. The van der Waals surface area contributed by atoms with Gasteiger partial charge in [-0.2, -0.15) is 5.10 Å². The van der Waals surface area contributed by atoms with Gasteiger partial charge in [0, 0.05) is 12.0 Å². The minimum absolute atomic E-state index is 0.242. The van der Waals surface area contributed by atoms with E-state index in [1.54, 1.807) is 24.3 Å². The normalized spacial score (nSPS) is 12.2. The van der Waals surface area contributed by atoms with E-state index in [4.69, 9.17) is 0 Å². The second kappa shape index (κ2) is 7.19. The van der Waals surface area contributed by atoms with Crippen LogP contribution in [0.15, 0.2) is 65.8 Å². The van der Waals surface area contributed by atoms with E-state index in [1.165, 1.54) is 0 Å². The fraction of sp³-hybridized carbons (Fsp3) is 0.125. The average Bonchev–Trinajstić information content (AvgIpc) is 2.49. The number of amides is 1. The van der Waals surface area contributed by atoms with Crippen LogP contribution in [0.25, 0.3) is 0 Å². The van der Waals surface area contributed by atoms with Crippen LogP contribution in [0, 0.1) is 0 Å². The molecule has 0 saturated carbocycles. The highest BCUT2D eigenvalue weighted by Gasteiger charge is 2.05. The average molecular weight is 269 g/mol. The molecule has 20 heavy (non-hydrogen) atoms. The van der Waals surface area contributed by atoms with E-state index < -0.39 is 6.17 Å². The third-order valence-corrected chi connectivity index (χ3v) is 2.71. The van der Waals surface area contributed by atoms with Gasteiger partial charge in [-0.3, -0.25) is 4.79 Å². The minimum Gasteiger partial charge on any atom is -0.267 e. The van der Waals surface area contributed by atoms with E-state index in [1.807, 2.05) is 36.4 Å². The molecule has 0 unspecified atom stereocenters. The molecule has 0 fully saturated rings. The van der Waals surface area contributed by atoms with Crippen LogP contribution in [0.3, 0.4) is 0 Å². The Bertz CT molecular complexity index is 570. The number of halogens is 1. The number of hydrazone groups is 1. The van der Waals surface area contributed by atoms with Crippen molar-refractivity contribution in [2.24, 2.45) is 5.10 Å². The first kappa shape index (κ1) is 13.9. The Balaban J connectivity index is 1.83. The molecule has 0 aliphatic carbocycles. The predicted molar refractivity (Wildman–Crippen MR) is 77.4 cm³/mol. The molecule has 4 heteroatoms. The zero-order chi connectivity index (χ0) is 14.2. The number of nitrogens with one attached hydrogen (secondary N) is 1. The predicted octanol–water partition coefficient (Wildman–Crippen LogP) is 2.98. The molecule has 0 bridgehead atoms. The number of alkyl halides is 1. The largest absolute Gasteiger partial charge is 0.271 e. The summed E-state index contributed by atoms with van der Waals surface area (Å²) in [6.45, 7) is 0. The molecule has 0 aliphatic rings. The molecule has 0 saturated heterocycles. The van der Waals surface area contributed by atoms with Crippen molar-refractivity contribution in [3.8, 4) is 0 Å². The summed E-state index contributed by atoms with van der Waals surface area (Å²) in [5.74, 6) is -0.353. The van der Waals surface area contributed by atoms with Gasteiger partial charge in [0.2, 0.25) is 0 Å². The highest BCUT2D eigenvalue weighted by Crippen LogP contribution is 2.04. The maximum atomic E-state index is 13.6. The van der Waals surface area contributed by atoms with Crippen LogP contribution in [0.5, 0.6) is 0 Å². The maximum absolute atomic E-state index is 13.6. The fourth-order valence-corrected chi connectivity index (χ4v) is 1.72. The standard InChI is InChI=1S/C16H15FN2O/c17-15(11-13-7-3-1-4-8-13)12-18-19-16(20)14-9-5-2-6-10-14/h1-10,12,15H,11H2,(H,19,20)/b18-12+/t15-/m0/s1/i17-1. The second-order valence-corrected chi connectivity index (χ2v) is 4.29. The summed E-state index contributed by atoms with van der Waals surface area (Å²) >= 11 is 0. The molecule has 2 aromatic rings. The molecule has 1 amide bonds. The smallest absolute Gasteiger partial charge is 0.267 e. The summed E-state index contributed by atoms with van der Waals surface area (Å²) in [6, 6.07) is 18.0. The lowest BCUT2D eigenvalue weighted by atomic mass is 10.1. The van der Waals surface area contributed by atoms with E-state index in [-0.39, 0.29) is 12.3 Å². The number of carbonyl (C=O) groups excluding carboxylic acids is 1. The molecule has 1 atom stereocenters. The van der Waals surface area contributed by atoms with Gasteiger partial charge in [-0.25, -0.2) is 9.82 Å². The summed E-state index contributed by atoms with van der Waals surface area (Å²) in [5.41, 5.74) is 3.68. The zero-order valence-corrected chi connectivity index (χ0v) is 10.9. The quantitative estimate of drug-likeness (QED) is 0.658. The van der Waals surface area contributed by atoms with E-state index in [0.29, 0.717) is 5.56 Å². The Labute approximate surface area is 117 Å². The van der Waals surface area contributed by atoms with Crippen LogP contribution < -0.4 is 5.43 Å². The summed E-state index contributed by atoms with van der Waals surface area (Å²) in [5, 5.41) is 3.64. The first-order valence-electron chi connectivity index (χ1n) is 6.32. The van der Waals surface area contributed by atoms with Gasteiger partial charge in [0.1, 0.15) is 6.17 Å². The van der Waals surface area contributed by atoms with Gasteiger partial charge >= 0.3 is 0 Å². The third kappa shape index (κ3) is 4.31. The van der Waals surface area contributed by atoms with Gasteiger partial charge in [0.05, 0.1) is 6.21 Å². The molecule has 1 N–H and O–H groups in total. The lowest BCUT2D eigenvalue weighted by Crippen LogP contribution is -2.19. The first-order valence-corrected chi connectivity index (χ1v) is 6.32. The van der Waals surface area contributed by atoms with Crippen molar-refractivity contribution in [1.29, 1.82) is 0 Å². The van der Waals surface area contributed by atoms with Crippen molar-refractivity contribution in [1.82, 2.24) is 5.43 Å². The lowest BCUT2D eigenvalue weighted by molar-refractivity contribution is 0.0955. The van der Waals surface area contributed by atoms with E-state index in [0.717, 1.165) is 11.8 Å². The fourth-order valence-electron chi connectivity index (χ4n) is 1.72. The second-order valence-electron chi connectivity index (χ2n) is 4.29. The summed E-state index contributed by atoms with van der Waals surface area (Å²) in [4.78, 5) is 11.6. The van der Waals surface area contributed by atoms with Gasteiger partial charge in [-0.15, -0.1) is 0 Å². The van der Waals surface area contributed by atoms with Crippen LogP contribution in [0.1, 0.15) is 15.9 Å². The monoisotopic (exact) mass is 269 g/mol. The van der Waals surface area contributed by atoms with Crippen LogP contribution in [0.2, 0.25) is 0 Å². The Morgan fingerprint density at radius 1 is 1.10 bits per heavy atom. The molecular formula is C16H15FN2O. The number of hydrogen-bond donors (Lipinski definition) is 1. The zero-order valence-electron chi connectivity index (χ0n) is 10.9. The number of benzene rings is 2. The van der Waals surface area contributed by atoms with Gasteiger partial charge in [-0.1, -0.05) is 48.5 Å². The summed E-state index contributed by atoms with van der Waals surface area (Å²) in [7, 11) is 0.